The van der Waals surface area contributed by atoms with Crippen molar-refractivity contribution in [3.63, 3.8) is 0 Å². The molecule has 0 aromatic heterocycles. The van der Waals surface area contributed by atoms with Crippen LogP contribution in [0, 0.1) is 0 Å². The van der Waals surface area contributed by atoms with Crippen LogP contribution in [0.15, 0.2) is 0 Å². The molecule has 1 aliphatic heterocycles. The van der Waals surface area contributed by atoms with Gasteiger partial charge in [-0.3, -0.25) is 0 Å². The SMILES string of the molecule is CC1C[Si](C)O1.[Rf]. The van der Waals surface area contributed by atoms with Crippen molar-refractivity contribution in [2.24, 2.45) is 0 Å². The maximum Gasteiger partial charge on any atom is 0.211 e. The van der Waals surface area contributed by atoms with Gasteiger partial charge >= 0.3 is 0 Å². The van der Waals surface area contributed by atoms with E-state index in [1.807, 2.05) is 0 Å². The molecule has 1 fully saturated rings. The molecule has 1 radical (unpaired) electrons. The summed E-state index contributed by atoms with van der Waals surface area (Å²) in [5.74, 6) is 0. The van der Waals surface area contributed by atoms with E-state index in [1.165, 1.54) is 6.04 Å². The first-order valence-corrected chi connectivity index (χ1v) is 4.39. The van der Waals surface area contributed by atoms with Crippen LogP contribution in [0.25, 0.3) is 0 Å². The van der Waals surface area contributed by atoms with Crippen LogP contribution in [0.3, 0.4) is 0 Å². The van der Waals surface area contributed by atoms with Crippen LogP contribution in [-0.4, -0.2) is 15.1 Å². The Balaban J connectivity index is 0.000000360. The molecule has 1 nitrogen and oxygen atoms in total. The zero-order chi connectivity index (χ0) is 4.57. The molecule has 1 unspecified atom stereocenters. The number of rotatable bonds is 0. The Bertz CT molecular complexity index is 47.7. The van der Waals surface area contributed by atoms with E-state index in [2.05, 4.69) is 13.5 Å². The van der Waals surface area contributed by atoms with E-state index in [9.17, 15) is 0 Å². The second kappa shape index (κ2) is 1.75. The molecule has 1 heterocycles. The minimum atomic E-state index is -0.242. The molecule has 0 aromatic rings. The third-order valence-electron chi connectivity index (χ3n) is 0.977. The molecule has 1 saturated heterocycles. The summed E-state index contributed by atoms with van der Waals surface area (Å²) in [6.45, 7) is 4.32. The average Bonchev–Trinajstić information content (AvgIpc) is 1.33. The minimum Gasteiger partial charge on any atom is -0.414 e. The predicted octanol–water partition coefficient (Wildman–Crippen LogP) is 1.03. The molecule has 0 N–H and O–H groups in total. The van der Waals surface area contributed by atoms with Crippen molar-refractivity contribution in [1.82, 2.24) is 0 Å². The van der Waals surface area contributed by atoms with Crippen LogP contribution in [0.4, 0.5) is 0 Å². The Morgan fingerprint density at radius 2 is 2.14 bits per heavy atom. The normalized spacial score (nSPS) is 30.9. The van der Waals surface area contributed by atoms with Gasteiger partial charge in [-0.15, -0.1) is 0 Å². The first-order valence-electron chi connectivity index (χ1n) is 2.28. The fourth-order valence-electron chi connectivity index (χ4n) is 0.739. The second-order valence-corrected chi connectivity index (χ2v) is 3.88. The van der Waals surface area contributed by atoms with Gasteiger partial charge < -0.3 is 4.43 Å². The van der Waals surface area contributed by atoms with E-state index in [1.54, 1.807) is 0 Å². The Morgan fingerprint density at radius 3 is 2.14 bits per heavy atom. The minimum absolute atomic E-state index is 0. The van der Waals surface area contributed by atoms with E-state index < -0.39 is 0 Å². The van der Waals surface area contributed by atoms with Crippen molar-refractivity contribution in [2.75, 3.05) is 0 Å². The summed E-state index contributed by atoms with van der Waals surface area (Å²) in [6.07, 6.45) is 0.587. The topological polar surface area (TPSA) is 9.23 Å². The van der Waals surface area contributed by atoms with Gasteiger partial charge in [0.1, 0.15) is 0 Å². The molecule has 3 heteroatoms. The number of hydrogen-bond donors (Lipinski definition) is 0. The van der Waals surface area contributed by atoms with Crippen molar-refractivity contribution >= 4 is 9.04 Å². The Hall–Kier alpha value is -0.823. The van der Waals surface area contributed by atoms with Gasteiger partial charge in [-0.2, -0.15) is 0 Å². The summed E-state index contributed by atoms with van der Waals surface area (Å²) >= 11 is 0. The molecule has 0 saturated carbocycles. The van der Waals surface area contributed by atoms with Crippen LogP contribution in [0.2, 0.25) is 12.6 Å². The zero-order valence-electron chi connectivity index (χ0n) is 4.90. The first-order chi connectivity index (χ1) is 2.79. The Morgan fingerprint density at radius 1 is 1.71 bits per heavy atom. The third-order valence-corrected chi connectivity index (χ3v) is 2.93. The van der Waals surface area contributed by atoms with Gasteiger partial charge in [-0.1, -0.05) is 0 Å². The van der Waals surface area contributed by atoms with Crippen LogP contribution in [-0.2, 0) is 4.43 Å². The van der Waals surface area contributed by atoms with Gasteiger partial charge in [-0.05, 0) is 19.5 Å². The molecule has 0 aromatic carbocycles. The molecule has 7 heavy (non-hydrogen) atoms. The average molecular weight is 368 g/mol. The Labute approximate surface area is 40.0 Å². The van der Waals surface area contributed by atoms with Crippen molar-refractivity contribution < 1.29 is 4.43 Å². The summed E-state index contributed by atoms with van der Waals surface area (Å²) < 4.78 is 5.24. The van der Waals surface area contributed by atoms with Crippen molar-refractivity contribution in [2.45, 2.75) is 25.6 Å². The van der Waals surface area contributed by atoms with Crippen LogP contribution >= 0.6 is 0 Å². The Kier molecular flexibility index (Phi) is 1.55. The predicted molar refractivity (Wildman–Crippen MR) is 27.0 cm³/mol. The van der Waals surface area contributed by atoms with Crippen LogP contribution in [0.1, 0.15) is 6.92 Å². The van der Waals surface area contributed by atoms with Gasteiger partial charge in [-0.25, -0.2) is 0 Å². The molecule has 1 rings (SSSR count). The molecule has 37 valence electrons. The fourth-order valence-corrected chi connectivity index (χ4v) is 2.22. The molecule has 1 atom stereocenters. The van der Waals surface area contributed by atoms with E-state index in [4.69, 9.17) is 4.43 Å². The summed E-state index contributed by atoms with van der Waals surface area (Å²) in [7, 11) is -0.242. The van der Waals surface area contributed by atoms with E-state index in [-0.39, 0.29) is 9.04 Å². The number of hydrogen-bond acceptors (Lipinski definition) is 1. The quantitative estimate of drug-likeness (QED) is 0.581. The monoisotopic (exact) mass is 368 g/mol. The van der Waals surface area contributed by atoms with Gasteiger partial charge in [0.15, 0.2) is 0 Å². The van der Waals surface area contributed by atoms with Gasteiger partial charge in [0, 0.05) is 6.10 Å². The van der Waals surface area contributed by atoms with Crippen LogP contribution < -0.4 is 0 Å². The van der Waals surface area contributed by atoms with Crippen molar-refractivity contribution in [1.29, 1.82) is 0 Å². The summed E-state index contributed by atoms with van der Waals surface area (Å²) in [5.41, 5.74) is 0. The molecule has 0 bridgehead atoms. The molecular formula is C4H9ORfSi. The van der Waals surface area contributed by atoms with Gasteiger partial charge in [0.05, 0.1) is 0 Å². The van der Waals surface area contributed by atoms with Crippen LogP contribution in [0.5, 0.6) is 0 Å². The van der Waals surface area contributed by atoms with E-state index >= 15 is 0 Å². The summed E-state index contributed by atoms with van der Waals surface area (Å²) in [4.78, 5) is 0. The largest absolute Gasteiger partial charge is 0.414 e. The van der Waals surface area contributed by atoms with E-state index in [0.717, 1.165) is 0 Å². The zero-order valence-corrected chi connectivity index (χ0v) is 12.3. The molecule has 0 aliphatic carbocycles. The van der Waals surface area contributed by atoms with Gasteiger partial charge in [0.2, 0.25) is 9.04 Å². The second-order valence-electron chi connectivity index (χ2n) is 1.83. The molecule has 0 amide bonds. The first kappa shape index (κ1) is 6.18. The van der Waals surface area contributed by atoms with Crippen molar-refractivity contribution in [3.8, 4) is 0 Å². The smallest absolute Gasteiger partial charge is 0.211 e. The van der Waals surface area contributed by atoms with Gasteiger partial charge in [0.25, 0.3) is 0 Å². The third kappa shape index (κ3) is 1.01. The summed E-state index contributed by atoms with van der Waals surface area (Å²) in [6, 6.07) is 1.35. The summed E-state index contributed by atoms with van der Waals surface area (Å²) in [5, 5.41) is 0. The molecular weight excluding hydrogens is 359 g/mol. The maximum atomic E-state index is 5.24. The fraction of sp³-hybridized carbons (Fsp3) is 1.00. The maximum absolute atomic E-state index is 5.24. The molecule has 1 aliphatic rings. The standard InChI is InChI=1S/C4H9OSi.Rf/c1-4-3-6(2)5-4;/h4H,3H2,1-2H3;. The van der Waals surface area contributed by atoms with Crippen molar-refractivity contribution in [3.05, 3.63) is 0 Å². The molecule has 0 spiro atoms. The van der Waals surface area contributed by atoms with E-state index in [0.29, 0.717) is 6.10 Å².